The van der Waals surface area contributed by atoms with E-state index in [9.17, 15) is 19.8 Å². The Balaban J connectivity index is 2.87. The number of carbonyl (C=O) groups excluding carboxylic acids is 2. The van der Waals surface area contributed by atoms with E-state index in [1.807, 2.05) is 0 Å². The predicted octanol–water partition coefficient (Wildman–Crippen LogP) is 0.304. The SMILES string of the molecule is CC(NC(=O)c1c(O)cccc1O)C(=O)N(C)C. The average molecular weight is 252 g/mol. The molecule has 1 atom stereocenters. The predicted molar refractivity (Wildman–Crippen MR) is 65.4 cm³/mol. The summed E-state index contributed by atoms with van der Waals surface area (Å²) in [6, 6.07) is 3.24. The molecule has 1 unspecified atom stereocenters. The van der Waals surface area contributed by atoms with Crippen molar-refractivity contribution in [1.82, 2.24) is 10.2 Å². The number of hydrogen-bond acceptors (Lipinski definition) is 4. The van der Waals surface area contributed by atoms with Gasteiger partial charge in [0.2, 0.25) is 5.91 Å². The Morgan fingerprint density at radius 2 is 1.72 bits per heavy atom. The molecule has 0 aromatic heterocycles. The number of rotatable bonds is 3. The van der Waals surface area contributed by atoms with Crippen LogP contribution in [0.15, 0.2) is 18.2 Å². The number of likely N-dealkylation sites (N-methyl/N-ethyl adjacent to an activating group) is 1. The molecule has 0 bridgehead atoms. The monoisotopic (exact) mass is 252 g/mol. The van der Waals surface area contributed by atoms with E-state index < -0.39 is 11.9 Å². The summed E-state index contributed by atoms with van der Waals surface area (Å²) in [4.78, 5) is 24.7. The number of phenols is 2. The van der Waals surface area contributed by atoms with Gasteiger partial charge in [-0.15, -0.1) is 0 Å². The van der Waals surface area contributed by atoms with Crippen molar-refractivity contribution >= 4 is 11.8 Å². The maximum absolute atomic E-state index is 11.8. The quantitative estimate of drug-likeness (QED) is 0.722. The second kappa shape index (κ2) is 5.39. The molecule has 1 aromatic carbocycles. The van der Waals surface area contributed by atoms with Gasteiger partial charge in [-0.05, 0) is 19.1 Å². The van der Waals surface area contributed by atoms with Crippen LogP contribution in [-0.4, -0.2) is 47.1 Å². The Kier molecular flexibility index (Phi) is 4.14. The standard InChI is InChI=1S/C12H16N2O4/c1-7(12(18)14(2)3)13-11(17)10-8(15)5-4-6-9(10)16/h4-7,15-16H,1-3H3,(H,13,17). The fourth-order valence-electron chi connectivity index (χ4n) is 1.48. The molecule has 18 heavy (non-hydrogen) atoms. The van der Waals surface area contributed by atoms with Crippen molar-refractivity contribution < 1.29 is 19.8 Å². The van der Waals surface area contributed by atoms with Crippen LogP contribution in [0.2, 0.25) is 0 Å². The van der Waals surface area contributed by atoms with Gasteiger partial charge < -0.3 is 20.4 Å². The van der Waals surface area contributed by atoms with Crippen molar-refractivity contribution in [2.75, 3.05) is 14.1 Å². The molecule has 1 aromatic rings. The Morgan fingerprint density at radius 1 is 1.22 bits per heavy atom. The molecule has 2 amide bonds. The molecule has 3 N–H and O–H groups in total. The molecule has 0 fully saturated rings. The van der Waals surface area contributed by atoms with Gasteiger partial charge in [0, 0.05) is 14.1 Å². The number of nitrogens with one attached hydrogen (secondary N) is 1. The van der Waals surface area contributed by atoms with Crippen LogP contribution in [0.1, 0.15) is 17.3 Å². The fraction of sp³-hybridized carbons (Fsp3) is 0.333. The van der Waals surface area contributed by atoms with Gasteiger partial charge in [-0.1, -0.05) is 6.07 Å². The lowest BCUT2D eigenvalue weighted by Gasteiger charge is -2.18. The van der Waals surface area contributed by atoms with Gasteiger partial charge in [-0.2, -0.15) is 0 Å². The Bertz CT molecular complexity index is 451. The van der Waals surface area contributed by atoms with Crippen LogP contribution in [0.4, 0.5) is 0 Å². The summed E-state index contributed by atoms with van der Waals surface area (Å²) in [5.74, 6) is -1.65. The summed E-state index contributed by atoms with van der Waals surface area (Å²) in [5, 5.41) is 21.4. The molecule has 1 rings (SSSR count). The third-order valence-corrected chi connectivity index (χ3v) is 2.41. The molecule has 0 aliphatic rings. The first-order valence-electron chi connectivity index (χ1n) is 5.37. The van der Waals surface area contributed by atoms with Crippen LogP contribution >= 0.6 is 0 Å². The maximum atomic E-state index is 11.8. The molecule has 0 radical (unpaired) electrons. The number of benzene rings is 1. The number of nitrogens with zero attached hydrogens (tertiary/aromatic N) is 1. The van der Waals surface area contributed by atoms with Crippen LogP contribution < -0.4 is 5.32 Å². The number of phenolic OH excluding ortho intramolecular Hbond substituents is 2. The van der Waals surface area contributed by atoms with Gasteiger partial charge in [0.25, 0.3) is 5.91 Å². The highest BCUT2D eigenvalue weighted by molar-refractivity contribution is 6.01. The molecule has 98 valence electrons. The van der Waals surface area contributed by atoms with Gasteiger partial charge in [0.05, 0.1) is 0 Å². The minimum absolute atomic E-state index is 0.240. The lowest BCUT2D eigenvalue weighted by atomic mass is 10.1. The van der Waals surface area contributed by atoms with E-state index in [0.29, 0.717) is 0 Å². The first-order valence-corrected chi connectivity index (χ1v) is 5.37. The number of aromatic hydroxyl groups is 2. The van der Waals surface area contributed by atoms with Crippen LogP contribution in [0, 0.1) is 0 Å². The highest BCUT2D eigenvalue weighted by atomic mass is 16.3. The van der Waals surface area contributed by atoms with E-state index >= 15 is 0 Å². The number of carbonyl (C=O) groups is 2. The molecule has 0 saturated heterocycles. The molecule has 0 aliphatic carbocycles. The zero-order valence-corrected chi connectivity index (χ0v) is 10.5. The van der Waals surface area contributed by atoms with E-state index in [-0.39, 0.29) is 23.0 Å². The summed E-state index contributed by atoms with van der Waals surface area (Å²) in [5.41, 5.74) is -0.240. The maximum Gasteiger partial charge on any atom is 0.259 e. The van der Waals surface area contributed by atoms with E-state index in [2.05, 4.69) is 5.32 Å². The van der Waals surface area contributed by atoms with E-state index in [1.54, 1.807) is 14.1 Å². The zero-order chi connectivity index (χ0) is 13.9. The summed E-state index contributed by atoms with van der Waals surface area (Å²) in [6.07, 6.45) is 0. The molecule has 0 saturated carbocycles. The smallest absolute Gasteiger partial charge is 0.259 e. The van der Waals surface area contributed by atoms with Gasteiger partial charge >= 0.3 is 0 Å². The summed E-state index contributed by atoms with van der Waals surface area (Å²) < 4.78 is 0. The summed E-state index contributed by atoms with van der Waals surface area (Å²) >= 11 is 0. The highest BCUT2D eigenvalue weighted by Gasteiger charge is 2.21. The molecule has 6 heteroatoms. The van der Waals surface area contributed by atoms with Crippen molar-refractivity contribution in [1.29, 1.82) is 0 Å². The normalized spacial score (nSPS) is 11.7. The second-order valence-electron chi connectivity index (χ2n) is 4.10. The summed E-state index contributed by atoms with van der Waals surface area (Å²) in [6.45, 7) is 1.53. The second-order valence-corrected chi connectivity index (χ2v) is 4.10. The largest absolute Gasteiger partial charge is 0.507 e. The van der Waals surface area contributed by atoms with Crippen molar-refractivity contribution in [3.8, 4) is 11.5 Å². The minimum Gasteiger partial charge on any atom is -0.507 e. The number of hydrogen-bond donors (Lipinski definition) is 3. The topological polar surface area (TPSA) is 89.9 Å². The van der Waals surface area contributed by atoms with E-state index in [1.165, 1.54) is 30.0 Å². The Hall–Kier alpha value is -2.24. The molecule has 0 aliphatic heterocycles. The van der Waals surface area contributed by atoms with Crippen LogP contribution in [0.3, 0.4) is 0 Å². The molecule has 6 nitrogen and oxygen atoms in total. The number of amides is 2. The summed E-state index contributed by atoms with van der Waals surface area (Å²) in [7, 11) is 3.14. The van der Waals surface area contributed by atoms with E-state index in [0.717, 1.165) is 0 Å². The van der Waals surface area contributed by atoms with Gasteiger partial charge in [0.1, 0.15) is 23.1 Å². The molecule has 0 heterocycles. The first kappa shape index (κ1) is 13.8. The lowest BCUT2D eigenvalue weighted by molar-refractivity contribution is -0.130. The highest BCUT2D eigenvalue weighted by Crippen LogP contribution is 2.25. The Labute approximate surface area is 105 Å². The van der Waals surface area contributed by atoms with Gasteiger partial charge in [0.15, 0.2) is 0 Å². The van der Waals surface area contributed by atoms with Crippen molar-refractivity contribution in [3.05, 3.63) is 23.8 Å². The third-order valence-electron chi connectivity index (χ3n) is 2.41. The van der Waals surface area contributed by atoms with E-state index in [4.69, 9.17) is 0 Å². The molecular formula is C12H16N2O4. The van der Waals surface area contributed by atoms with Crippen LogP contribution in [0.25, 0.3) is 0 Å². The zero-order valence-electron chi connectivity index (χ0n) is 10.5. The third kappa shape index (κ3) is 2.91. The van der Waals surface area contributed by atoms with Crippen LogP contribution in [0.5, 0.6) is 11.5 Å². The Morgan fingerprint density at radius 3 is 2.17 bits per heavy atom. The molecular weight excluding hydrogens is 236 g/mol. The van der Waals surface area contributed by atoms with Crippen molar-refractivity contribution in [2.45, 2.75) is 13.0 Å². The minimum atomic E-state index is -0.744. The first-order chi connectivity index (χ1) is 8.34. The van der Waals surface area contributed by atoms with Gasteiger partial charge in [-0.3, -0.25) is 9.59 Å². The lowest BCUT2D eigenvalue weighted by Crippen LogP contribution is -2.44. The fourth-order valence-corrected chi connectivity index (χ4v) is 1.48. The van der Waals surface area contributed by atoms with Crippen molar-refractivity contribution in [3.63, 3.8) is 0 Å². The van der Waals surface area contributed by atoms with Crippen molar-refractivity contribution in [2.24, 2.45) is 0 Å². The van der Waals surface area contributed by atoms with Gasteiger partial charge in [-0.25, -0.2) is 0 Å². The van der Waals surface area contributed by atoms with Crippen LogP contribution in [-0.2, 0) is 4.79 Å². The molecule has 0 spiro atoms. The average Bonchev–Trinajstić information content (AvgIpc) is 2.27.